The van der Waals surface area contributed by atoms with Gasteiger partial charge in [-0.15, -0.1) is 0 Å². The fraction of sp³-hybridized carbons (Fsp3) is 0.429. The van der Waals surface area contributed by atoms with E-state index in [1.54, 1.807) is 6.20 Å². The molecule has 1 aliphatic carbocycles. The summed E-state index contributed by atoms with van der Waals surface area (Å²) in [5.41, 5.74) is 3.30. The van der Waals surface area contributed by atoms with Crippen LogP contribution in [0.3, 0.4) is 0 Å². The normalized spacial score (nSPS) is 26.0. The number of pyridine rings is 1. The Balaban J connectivity index is 1.35. The van der Waals surface area contributed by atoms with E-state index >= 15 is 0 Å². The number of para-hydroxylation sites is 1. The maximum Gasteiger partial charge on any atom is 0.177 e. The molecule has 26 heavy (non-hydrogen) atoms. The lowest BCUT2D eigenvalue weighted by atomic mass is 9.65. The standard InChI is InChI=1S/C21H22ClN3O/c1-13(19-24-17-10-15(22)11-23-20(17)25-19)14-6-8-21(9-7-14)12-26-18-5-3-2-4-16(18)21/h2-5,10-11,13-14H,6-9,12H2,1H3,(H,23,24,25)/t13-,14-,21+/m1/s1. The molecule has 0 radical (unpaired) electrons. The monoisotopic (exact) mass is 367 g/mol. The molecular weight excluding hydrogens is 346 g/mol. The molecule has 0 unspecified atom stereocenters. The van der Waals surface area contributed by atoms with Crippen LogP contribution in [0.4, 0.5) is 0 Å². The molecule has 0 saturated heterocycles. The number of hydrogen-bond acceptors (Lipinski definition) is 3. The van der Waals surface area contributed by atoms with Crippen LogP contribution in [0.2, 0.25) is 5.02 Å². The zero-order valence-corrected chi connectivity index (χ0v) is 15.6. The van der Waals surface area contributed by atoms with E-state index in [4.69, 9.17) is 21.3 Å². The molecule has 1 N–H and O–H groups in total. The van der Waals surface area contributed by atoms with Crippen molar-refractivity contribution in [1.82, 2.24) is 15.0 Å². The van der Waals surface area contributed by atoms with Crippen LogP contribution in [0, 0.1) is 5.92 Å². The van der Waals surface area contributed by atoms with Gasteiger partial charge in [0.15, 0.2) is 5.65 Å². The Bertz CT molecular complexity index is 959. The summed E-state index contributed by atoms with van der Waals surface area (Å²) in [6.45, 7) is 3.11. The first-order valence-electron chi connectivity index (χ1n) is 9.38. The Morgan fingerprint density at radius 2 is 2.08 bits per heavy atom. The van der Waals surface area contributed by atoms with Gasteiger partial charge in [0.1, 0.15) is 11.6 Å². The summed E-state index contributed by atoms with van der Waals surface area (Å²) in [7, 11) is 0. The summed E-state index contributed by atoms with van der Waals surface area (Å²) in [6.07, 6.45) is 6.42. The fourth-order valence-electron chi connectivity index (χ4n) is 4.76. The first-order chi connectivity index (χ1) is 12.6. The van der Waals surface area contributed by atoms with Gasteiger partial charge in [-0.05, 0) is 43.7 Å². The highest BCUT2D eigenvalue weighted by atomic mass is 35.5. The molecule has 1 fully saturated rings. The molecule has 0 amide bonds. The zero-order valence-electron chi connectivity index (χ0n) is 14.8. The number of nitrogens with zero attached hydrogens (tertiary/aromatic N) is 2. The Morgan fingerprint density at radius 3 is 2.92 bits per heavy atom. The maximum atomic E-state index is 6.04. The van der Waals surface area contributed by atoms with Crippen LogP contribution >= 0.6 is 11.6 Å². The van der Waals surface area contributed by atoms with Crippen molar-refractivity contribution in [3.63, 3.8) is 0 Å². The molecule has 1 atom stereocenters. The van der Waals surface area contributed by atoms with E-state index in [0.717, 1.165) is 29.3 Å². The molecule has 1 spiro atoms. The van der Waals surface area contributed by atoms with E-state index in [1.165, 1.54) is 31.2 Å². The van der Waals surface area contributed by atoms with Gasteiger partial charge in [-0.3, -0.25) is 0 Å². The van der Waals surface area contributed by atoms with E-state index in [-0.39, 0.29) is 5.41 Å². The van der Waals surface area contributed by atoms with Crippen LogP contribution in [0.1, 0.15) is 49.9 Å². The third-order valence-electron chi connectivity index (χ3n) is 6.41. The van der Waals surface area contributed by atoms with Crippen molar-refractivity contribution in [2.45, 2.75) is 43.9 Å². The van der Waals surface area contributed by atoms with Crippen molar-refractivity contribution < 1.29 is 4.74 Å². The minimum atomic E-state index is 0.218. The molecule has 5 rings (SSSR count). The number of H-pyrrole nitrogens is 1. The van der Waals surface area contributed by atoms with Gasteiger partial charge >= 0.3 is 0 Å². The summed E-state index contributed by atoms with van der Waals surface area (Å²) in [5.74, 6) is 3.13. The van der Waals surface area contributed by atoms with Crippen molar-refractivity contribution in [1.29, 1.82) is 0 Å². The van der Waals surface area contributed by atoms with E-state index in [1.807, 2.05) is 6.07 Å². The van der Waals surface area contributed by atoms with Gasteiger partial charge in [-0.1, -0.05) is 36.7 Å². The summed E-state index contributed by atoms with van der Waals surface area (Å²) >= 11 is 6.04. The molecule has 2 aromatic heterocycles. The van der Waals surface area contributed by atoms with Crippen molar-refractivity contribution in [2.75, 3.05) is 6.61 Å². The van der Waals surface area contributed by atoms with E-state index in [0.29, 0.717) is 16.9 Å². The second-order valence-electron chi connectivity index (χ2n) is 7.84. The molecule has 1 saturated carbocycles. The number of aromatic nitrogens is 3. The second kappa shape index (κ2) is 5.98. The molecule has 0 bridgehead atoms. The molecule has 5 heteroatoms. The van der Waals surface area contributed by atoms with Crippen molar-refractivity contribution in [2.24, 2.45) is 5.92 Å². The van der Waals surface area contributed by atoms with Crippen LogP contribution in [0.5, 0.6) is 5.75 Å². The van der Waals surface area contributed by atoms with Crippen LogP contribution < -0.4 is 4.74 Å². The molecule has 1 aromatic carbocycles. The summed E-state index contributed by atoms with van der Waals surface area (Å²) in [5, 5.41) is 0.639. The summed E-state index contributed by atoms with van der Waals surface area (Å²) < 4.78 is 5.98. The van der Waals surface area contributed by atoms with E-state index in [2.05, 4.69) is 41.2 Å². The van der Waals surface area contributed by atoms with Crippen LogP contribution in [-0.2, 0) is 5.41 Å². The second-order valence-corrected chi connectivity index (χ2v) is 8.27. The predicted octanol–water partition coefficient (Wildman–Crippen LogP) is 5.24. The quantitative estimate of drug-likeness (QED) is 0.674. The van der Waals surface area contributed by atoms with Gasteiger partial charge in [0.25, 0.3) is 0 Å². The number of halogens is 1. The number of nitrogens with one attached hydrogen (secondary N) is 1. The van der Waals surface area contributed by atoms with Gasteiger partial charge in [0.2, 0.25) is 0 Å². The lowest BCUT2D eigenvalue weighted by Gasteiger charge is -2.38. The van der Waals surface area contributed by atoms with Gasteiger partial charge in [-0.2, -0.15) is 0 Å². The van der Waals surface area contributed by atoms with Crippen molar-refractivity contribution in [3.05, 3.63) is 52.9 Å². The topological polar surface area (TPSA) is 50.8 Å². The third kappa shape index (κ3) is 2.50. The molecular formula is C21H22ClN3O. The molecule has 4 nitrogen and oxygen atoms in total. The lowest BCUT2D eigenvalue weighted by Crippen LogP contribution is -2.34. The minimum Gasteiger partial charge on any atom is -0.492 e. The number of imidazole rings is 1. The predicted molar refractivity (Wildman–Crippen MR) is 103 cm³/mol. The summed E-state index contributed by atoms with van der Waals surface area (Å²) in [4.78, 5) is 12.5. The van der Waals surface area contributed by atoms with Gasteiger partial charge in [0, 0.05) is 23.1 Å². The first-order valence-corrected chi connectivity index (χ1v) is 9.76. The number of hydrogen-bond donors (Lipinski definition) is 1. The highest BCUT2D eigenvalue weighted by Gasteiger charge is 2.44. The number of benzene rings is 1. The SMILES string of the molecule is C[C@@H](c1nc2ncc(Cl)cc2[nH]1)[C@H]1CC[C@@]2(CC1)COc1ccccc12. The number of ether oxygens (including phenoxy) is 1. The van der Waals surface area contributed by atoms with Crippen LogP contribution in [-0.4, -0.2) is 21.6 Å². The number of fused-ring (bicyclic) bond motifs is 3. The largest absolute Gasteiger partial charge is 0.492 e. The maximum absolute atomic E-state index is 6.04. The Hall–Kier alpha value is -2.07. The smallest absolute Gasteiger partial charge is 0.177 e. The van der Waals surface area contributed by atoms with Crippen molar-refractivity contribution >= 4 is 22.8 Å². The van der Waals surface area contributed by atoms with E-state index in [9.17, 15) is 0 Å². The van der Waals surface area contributed by atoms with Crippen LogP contribution in [0.15, 0.2) is 36.5 Å². The number of aromatic amines is 1. The summed E-state index contributed by atoms with van der Waals surface area (Å²) in [6, 6.07) is 10.5. The van der Waals surface area contributed by atoms with E-state index < -0.39 is 0 Å². The first kappa shape index (κ1) is 16.1. The minimum absolute atomic E-state index is 0.218. The van der Waals surface area contributed by atoms with Gasteiger partial charge < -0.3 is 9.72 Å². The molecule has 3 aromatic rings. The van der Waals surface area contributed by atoms with Crippen LogP contribution in [0.25, 0.3) is 11.2 Å². The highest BCUT2D eigenvalue weighted by Crippen LogP contribution is 2.50. The highest BCUT2D eigenvalue weighted by molar-refractivity contribution is 6.31. The van der Waals surface area contributed by atoms with Gasteiger partial charge in [-0.25, -0.2) is 9.97 Å². The number of rotatable bonds is 2. The molecule has 1 aliphatic heterocycles. The molecule has 2 aliphatic rings. The third-order valence-corrected chi connectivity index (χ3v) is 6.62. The zero-order chi connectivity index (χ0) is 17.7. The molecule has 3 heterocycles. The Morgan fingerprint density at radius 1 is 1.27 bits per heavy atom. The average Bonchev–Trinajstić information content (AvgIpc) is 3.24. The van der Waals surface area contributed by atoms with Crippen molar-refractivity contribution in [3.8, 4) is 5.75 Å². The van der Waals surface area contributed by atoms with Gasteiger partial charge in [0.05, 0.1) is 17.1 Å². The fourth-order valence-corrected chi connectivity index (χ4v) is 4.92. The Kier molecular flexibility index (Phi) is 3.71. The average molecular weight is 368 g/mol. The molecule has 134 valence electrons. The Labute approximate surface area is 158 Å². The lowest BCUT2D eigenvalue weighted by molar-refractivity contribution is 0.169.